The van der Waals surface area contributed by atoms with Crippen molar-refractivity contribution in [1.82, 2.24) is 15.3 Å². The molecule has 0 saturated carbocycles. The highest BCUT2D eigenvalue weighted by Gasteiger charge is 2.10. The summed E-state index contributed by atoms with van der Waals surface area (Å²) < 4.78 is 0. The van der Waals surface area contributed by atoms with Crippen LogP contribution in [0.4, 0.5) is 5.13 Å². The van der Waals surface area contributed by atoms with Gasteiger partial charge in [-0.25, -0.2) is 4.98 Å². The van der Waals surface area contributed by atoms with Crippen molar-refractivity contribution in [1.29, 1.82) is 0 Å². The molecule has 0 aromatic carbocycles. The maximum Gasteiger partial charge on any atom is 0.185 e. The molecule has 0 unspecified atom stereocenters. The average Bonchev–Trinajstić information content (AvgIpc) is 2.95. The normalized spacial score (nSPS) is 10.7. The lowest BCUT2D eigenvalue weighted by Gasteiger charge is -2.19. The van der Waals surface area contributed by atoms with Crippen LogP contribution in [0, 0.1) is 0 Å². The summed E-state index contributed by atoms with van der Waals surface area (Å²) in [6.45, 7) is 8.16. The minimum Gasteiger partial charge on any atom is -0.344 e. The number of anilines is 1. The topological polar surface area (TPSA) is 41.1 Å². The van der Waals surface area contributed by atoms with Gasteiger partial charge in [-0.3, -0.25) is 4.98 Å². The van der Waals surface area contributed by atoms with E-state index in [1.54, 1.807) is 11.3 Å². The lowest BCUT2D eigenvalue weighted by atomic mass is 10.2. The summed E-state index contributed by atoms with van der Waals surface area (Å²) in [5.41, 5.74) is 1.27. The quantitative estimate of drug-likeness (QED) is 0.759. The van der Waals surface area contributed by atoms with E-state index in [4.69, 9.17) is 0 Å². The third kappa shape index (κ3) is 4.28. The molecule has 0 saturated heterocycles. The van der Waals surface area contributed by atoms with Crippen molar-refractivity contribution in [3.63, 3.8) is 0 Å². The first-order valence-corrected chi connectivity index (χ1v) is 7.94. The van der Waals surface area contributed by atoms with Crippen LogP contribution in [0.3, 0.4) is 0 Å². The van der Waals surface area contributed by atoms with Crippen molar-refractivity contribution in [3.8, 4) is 0 Å². The monoisotopic (exact) mass is 290 g/mol. The molecule has 2 rings (SSSR count). The lowest BCUT2D eigenvalue weighted by molar-refractivity contribution is 0.681. The number of aromatic nitrogens is 2. The Morgan fingerprint density at radius 2 is 2.05 bits per heavy atom. The highest BCUT2D eigenvalue weighted by atomic mass is 32.1. The molecule has 2 heterocycles. The van der Waals surface area contributed by atoms with Crippen LogP contribution >= 0.6 is 11.3 Å². The Balaban J connectivity index is 1.97. The van der Waals surface area contributed by atoms with Gasteiger partial charge >= 0.3 is 0 Å². The molecule has 0 amide bonds. The van der Waals surface area contributed by atoms with Crippen LogP contribution in [-0.2, 0) is 13.1 Å². The molecule has 0 radical (unpaired) electrons. The Bertz CT molecular complexity index is 498. The highest BCUT2D eigenvalue weighted by Crippen LogP contribution is 2.23. The summed E-state index contributed by atoms with van der Waals surface area (Å²) in [5, 5.41) is 4.51. The first kappa shape index (κ1) is 14.9. The fraction of sp³-hybridized carbons (Fsp3) is 0.467. The van der Waals surface area contributed by atoms with Gasteiger partial charge < -0.3 is 10.2 Å². The predicted octanol–water partition coefficient (Wildman–Crippen LogP) is 3.06. The fourth-order valence-electron chi connectivity index (χ4n) is 1.94. The van der Waals surface area contributed by atoms with Crippen molar-refractivity contribution < 1.29 is 0 Å². The van der Waals surface area contributed by atoms with Crippen LogP contribution in [0.15, 0.2) is 30.7 Å². The van der Waals surface area contributed by atoms with E-state index in [9.17, 15) is 0 Å². The molecule has 0 bridgehead atoms. The molecule has 5 heteroatoms. The first-order valence-electron chi connectivity index (χ1n) is 7.12. The smallest absolute Gasteiger partial charge is 0.185 e. The van der Waals surface area contributed by atoms with Crippen LogP contribution in [0.2, 0.25) is 0 Å². The molecule has 2 aromatic heterocycles. The van der Waals surface area contributed by atoms with Crippen molar-refractivity contribution in [2.24, 2.45) is 0 Å². The number of hydrogen-bond acceptors (Lipinski definition) is 5. The van der Waals surface area contributed by atoms with E-state index in [-0.39, 0.29) is 0 Å². The van der Waals surface area contributed by atoms with E-state index in [1.165, 1.54) is 10.4 Å². The summed E-state index contributed by atoms with van der Waals surface area (Å²) in [5.74, 6) is 0. The molecule has 0 spiro atoms. The molecule has 1 N–H and O–H groups in total. The minimum atomic E-state index is 0.883. The maximum absolute atomic E-state index is 4.55. The zero-order valence-electron chi connectivity index (χ0n) is 12.2. The first-order chi connectivity index (χ1) is 9.83. The van der Waals surface area contributed by atoms with Gasteiger partial charge in [-0.2, -0.15) is 0 Å². The number of nitrogens with zero attached hydrogens (tertiary/aromatic N) is 3. The molecular formula is C15H22N4S. The van der Waals surface area contributed by atoms with Gasteiger partial charge in [0.25, 0.3) is 0 Å². The van der Waals surface area contributed by atoms with E-state index in [0.717, 1.165) is 37.7 Å². The van der Waals surface area contributed by atoms with E-state index in [0.29, 0.717) is 0 Å². The summed E-state index contributed by atoms with van der Waals surface area (Å²) in [6, 6.07) is 4.11. The summed E-state index contributed by atoms with van der Waals surface area (Å²) in [4.78, 5) is 12.2. The second-order valence-corrected chi connectivity index (χ2v) is 5.75. The largest absolute Gasteiger partial charge is 0.344 e. The highest BCUT2D eigenvalue weighted by molar-refractivity contribution is 7.15. The SMILES string of the molecule is CCCNCc1cnc(N(CC)Cc2ccncc2)s1. The Hall–Kier alpha value is -1.46. The van der Waals surface area contributed by atoms with Gasteiger partial charge in [-0.15, -0.1) is 11.3 Å². The van der Waals surface area contributed by atoms with Crippen LogP contribution in [-0.4, -0.2) is 23.1 Å². The zero-order valence-corrected chi connectivity index (χ0v) is 13.0. The minimum absolute atomic E-state index is 0.883. The number of pyridine rings is 1. The summed E-state index contributed by atoms with van der Waals surface area (Å²) >= 11 is 1.77. The maximum atomic E-state index is 4.55. The summed E-state index contributed by atoms with van der Waals surface area (Å²) in [7, 11) is 0. The van der Waals surface area contributed by atoms with Crippen molar-refractivity contribution >= 4 is 16.5 Å². The van der Waals surface area contributed by atoms with Gasteiger partial charge in [-0.1, -0.05) is 6.92 Å². The van der Waals surface area contributed by atoms with Crippen LogP contribution in [0.25, 0.3) is 0 Å². The second-order valence-electron chi connectivity index (χ2n) is 4.66. The Labute approximate surface area is 124 Å². The zero-order chi connectivity index (χ0) is 14.2. The lowest BCUT2D eigenvalue weighted by Crippen LogP contribution is -2.21. The van der Waals surface area contributed by atoms with Crippen molar-refractivity contribution in [2.45, 2.75) is 33.4 Å². The second kappa shape index (κ2) is 7.97. The fourth-order valence-corrected chi connectivity index (χ4v) is 2.88. The molecule has 20 heavy (non-hydrogen) atoms. The van der Waals surface area contributed by atoms with E-state index in [1.807, 2.05) is 18.6 Å². The van der Waals surface area contributed by atoms with Gasteiger partial charge in [-0.05, 0) is 37.6 Å². The molecule has 0 aliphatic carbocycles. The Kier molecular flexibility index (Phi) is 5.95. The molecule has 4 nitrogen and oxygen atoms in total. The molecule has 2 aromatic rings. The third-order valence-electron chi connectivity index (χ3n) is 3.04. The van der Waals surface area contributed by atoms with Crippen LogP contribution in [0.5, 0.6) is 0 Å². The molecule has 0 aliphatic heterocycles. The van der Waals surface area contributed by atoms with Crippen molar-refractivity contribution in [2.75, 3.05) is 18.0 Å². The van der Waals surface area contributed by atoms with E-state index in [2.05, 4.69) is 46.2 Å². The van der Waals surface area contributed by atoms with Crippen molar-refractivity contribution in [3.05, 3.63) is 41.2 Å². The van der Waals surface area contributed by atoms with Gasteiger partial charge in [0.1, 0.15) is 0 Å². The van der Waals surface area contributed by atoms with Gasteiger partial charge in [0.2, 0.25) is 0 Å². The number of thiazole rings is 1. The van der Waals surface area contributed by atoms with E-state index < -0.39 is 0 Å². The van der Waals surface area contributed by atoms with Gasteiger partial charge in [0.15, 0.2) is 5.13 Å². The molecule has 0 fully saturated rings. The standard InChI is InChI=1S/C15H22N4S/c1-3-7-17-10-14-11-18-15(20-14)19(4-2)12-13-5-8-16-9-6-13/h5-6,8-9,11,17H,3-4,7,10,12H2,1-2H3. The average molecular weight is 290 g/mol. The Morgan fingerprint density at radius 3 is 2.75 bits per heavy atom. The molecule has 0 aliphatic rings. The molecule has 108 valence electrons. The van der Waals surface area contributed by atoms with Gasteiger partial charge in [0, 0.05) is 43.1 Å². The molecule has 0 atom stereocenters. The van der Waals surface area contributed by atoms with E-state index >= 15 is 0 Å². The number of hydrogen-bond donors (Lipinski definition) is 1. The predicted molar refractivity (Wildman–Crippen MR) is 85.1 cm³/mol. The molecular weight excluding hydrogens is 268 g/mol. The summed E-state index contributed by atoms with van der Waals surface area (Å²) in [6.07, 6.45) is 6.82. The van der Waals surface area contributed by atoms with Gasteiger partial charge in [0.05, 0.1) is 0 Å². The van der Waals surface area contributed by atoms with Crippen LogP contribution < -0.4 is 10.2 Å². The van der Waals surface area contributed by atoms with Crippen LogP contribution in [0.1, 0.15) is 30.7 Å². The number of nitrogens with one attached hydrogen (secondary N) is 1. The third-order valence-corrected chi connectivity index (χ3v) is 4.10. The number of rotatable bonds is 8. The Morgan fingerprint density at radius 1 is 1.25 bits per heavy atom.